The summed E-state index contributed by atoms with van der Waals surface area (Å²) >= 11 is 0. The van der Waals surface area contributed by atoms with E-state index in [0.29, 0.717) is 26.4 Å². The SMILES string of the molecule is CC(C)(C)OCC(C)(COC(C)(C)C)OC(C)(COC(C)(C)C)COC(C)(C)C. The molecule has 0 rings (SSSR count). The molecule has 0 heterocycles. The lowest BCUT2D eigenvalue weighted by atomic mass is 10.0. The fourth-order valence-electron chi connectivity index (χ4n) is 2.27. The second kappa shape index (κ2) is 9.95. The Kier molecular flexibility index (Phi) is 9.88. The van der Waals surface area contributed by atoms with Gasteiger partial charge in [-0.15, -0.1) is 0 Å². The van der Waals surface area contributed by atoms with Crippen molar-refractivity contribution in [2.45, 2.75) is 131 Å². The third kappa shape index (κ3) is 16.2. The maximum absolute atomic E-state index is 6.71. The molecule has 0 unspecified atom stereocenters. The first-order chi connectivity index (χ1) is 12.5. The lowest BCUT2D eigenvalue weighted by molar-refractivity contribution is -0.252. The van der Waals surface area contributed by atoms with Crippen LogP contribution in [0.4, 0.5) is 0 Å². The molecule has 0 radical (unpaired) electrons. The Hall–Kier alpha value is -0.200. The highest BCUT2D eigenvalue weighted by Crippen LogP contribution is 2.28. The number of hydrogen-bond donors (Lipinski definition) is 0. The van der Waals surface area contributed by atoms with E-state index in [4.69, 9.17) is 23.7 Å². The van der Waals surface area contributed by atoms with Gasteiger partial charge in [0.2, 0.25) is 0 Å². The summed E-state index contributed by atoms with van der Waals surface area (Å²) in [5.41, 5.74) is -2.39. The van der Waals surface area contributed by atoms with Crippen LogP contribution in [-0.2, 0) is 23.7 Å². The lowest BCUT2D eigenvalue weighted by Gasteiger charge is -2.43. The molecule has 0 saturated carbocycles. The monoisotopic (exact) mass is 418 g/mol. The van der Waals surface area contributed by atoms with Gasteiger partial charge in [0.25, 0.3) is 0 Å². The van der Waals surface area contributed by atoms with Crippen molar-refractivity contribution in [2.24, 2.45) is 0 Å². The third-order valence-corrected chi connectivity index (χ3v) is 3.73. The van der Waals surface area contributed by atoms with Crippen molar-refractivity contribution in [1.82, 2.24) is 0 Å². The summed E-state index contributed by atoms with van der Waals surface area (Å²) in [7, 11) is 0. The normalized spacial score (nSPS) is 15.1. The molecule has 0 aromatic carbocycles. The van der Waals surface area contributed by atoms with Crippen LogP contribution in [0.3, 0.4) is 0 Å². The van der Waals surface area contributed by atoms with Gasteiger partial charge in [-0.25, -0.2) is 0 Å². The first-order valence-corrected chi connectivity index (χ1v) is 10.8. The largest absolute Gasteiger partial charge is 0.373 e. The number of rotatable bonds is 10. The fraction of sp³-hybridized carbons (Fsp3) is 1.00. The molecule has 0 atom stereocenters. The summed E-state index contributed by atoms with van der Waals surface area (Å²) in [5.74, 6) is 0. The fourth-order valence-corrected chi connectivity index (χ4v) is 2.27. The Morgan fingerprint density at radius 2 is 0.517 bits per heavy atom. The average Bonchev–Trinajstić information content (AvgIpc) is 2.45. The highest BCUT2D eigenvalue weighted by Gasteiger charge is 2.40. The van der Waals surface area contributed by atoms with E-state index in [2.05, 4.69) is 0 Å². The van der Waals surface area contributed by atoms with E-state index in [1.165, 1.54) is 0 Å². The minimum absolute atomic E-state index is 0.271. The molecule has 0 aromatic rings. The zero-order chi connectivity index (χ0) is 23.4. The molecule has 0 fully saturated rings. The smallest absolute Gasteiger partial charge is 0.113 e. The zero-order valence-corrected chi connectivity index (χ0v) is 21.9. The Bertz CT molecular complexity index is 391. The molecule has 0 saturated heterocycles. The van der Waals surface area contributed by atoms with Crippen LogP contribution in [0, 0.1) is 0 Å². The van der Waals surface area contributed by atoms with Gasteiger partial charge in [0.05, 0.1) is 48.8 Å². The van der Waals surface area contributed by atoms with Crippen LogP contribution in [0.1, 0.15) is 96.9 Å². The van der Waals surface area contributed by atoms with E-state index in [1.807, 2.05) is 96.9 Å². The minimum atomic E-state index is -0.655. The Labute approximate surface area is 181 Å². The molecule has 0 aliphatic rings. The van der Waals surface area contributed by atoms with Gasteiger partial charge in [-0.3, -0.25) is 0 Å². The van der Waals surface area contributed by atoms with Crippen molar-refractivity contribution >= 4 is 0 Å². The Morgan fingerprint density at radius 1 is 0.345 bits per heavy atom. The molecule has 29 heavy (non-hydrogen) atoms. The summed E-state index contributed by atoms with van der Waals surface area (Å²) in [6.45, 7) is 30.2. The van der Waals surface area contributed by atoms with Crippen LogP contribution >= 0.6 is 0 Å². The number of ether oxygens (including phenoxy) is 5. The van der Waals surface area contributed by atoms with Crippen molar-refractivity contribution in [3.63, 3.8) is 0 Å². The molecule has 0 aromatic heterocycles. The summed E-state index contributed by atoms with van der Waals surface area (Å²) in [4.78, 5) is 0. The van der Waals surface area contributed by atoms with E-state index in [9.17, 15) is 0 Å². The molecule has 5 nitrogen and oxygen atoms in total. The van der Waals surface area contributed by atoms with Gasteiger partial charge in [0.1, 0.15) is 11.2 Å². The first-order valence-electron chi connectivity index (χ1n) is 10.8. The standard InChI is InChI=1S/C24H50O5/c1-19(2,3)25-15-23(13,16-26-20(4,5)6)29-24(14,17-27-21(7,8)9)18-28-22(10,11)12/h15-18H2,1-14H3. The van der Waals surface area contributed by atoms with Crippen LogP contribution in [-0.4, -0.2) is 60.0 Å². The second-order valence-corrected chi connectivity index (χ2v) is 12.6. The molecule has 0 N–H and O–H groups in total. The van der Waals surface area contributed by atoms with Crippen LogP contribution in [0.25, 0.3) is 0 Å². The van der Waals surface area contributed by atoms with Crippen LogP contribution < -0.4 is 0 Å². The summed E-state index contributed by atoms with van der Waals surface area (Å²) in [5, 5.41) is 0. The van der Waals surface area contributed by atoms with E-state index in [1.54, 1.807) is 0 Å². The maximum atomic E-state index is 6.71. The number of hydrogen-bond acceptors (Lipinski definition) is 5. The van der Waals surface area contributed by atoms with Crippen molar-refractivity contribution < 1.29 is 23.7 Å². The van der Waals surface area contributed by atoms with Crippen LogP contribution in [0.5, 0.6) is 0 Å². The summed E-state index contributed by atoms with van der Waals surface area (Å²) in [6, 6.07) is 0. The molecule has 0 spiro atoms. The van der Waals surface area contributed by atoms with Crippen LogP contribution in [0.2, 0.25) is 0 Å². The second-order valence-electron chi connectivity index (χ2n) is 12.6. The highest BCUT2D eigenvalue weighted by atomic mass is 16.6. The molecular formula is C24H50O5. The van der Waals surface area contributed by atoms with Crippen molar-refractivity contribution in [3.8, 4) is 0 Å². The zero-order valence-electron chi connectivity index (χ0n) is 21.9. The van der Waals surface area contributed by atoms with Crippen molar-refractivity contribution in [1.29, 1.82) is 0 Å². The first kappa shape index (κ1) is 28.8. The predicted octanol–water partition coefficient (Wildman–Crippen LogP) is 5.78. The quantitative estimate of drug-likeness (QED) is 0.450. The Balaban J connectivity index is 5.60. The van der Waals surface area contributed by atoms with Gasteiger partial charge in [-0.1, -0.05) is 0 Å². The summed E-state index contributed by atoms with van der Waals surface area (Å²) in [6.07, 6.45) is 0. The van der Waals surface area contributed by atoms with E-state index < -0.39 is 11.2 Å². The maximum Gasteiger partial charge on any atom is 0.113 e. The van der Waals surface area contributed by atoms with E-state index in [0.717, 1.165) is 0 Å². The van der Waals surface area contributed by atoms with Gasteiger partial charge in [-0.05, 0) is 96.9 Å². The third-order valence-electron chi connectivity index (χ3n) is 3.73. The van der Waals surface area contributed by atoms with Gasteiger partial charge >= 0.3 is 0 Å². The van der Waals surface area contributed by atoms with E-state index in [-0.39, 0.29) is 22.4 Å². The van der Waals surface area contributed by atoms with E-state index >= 15 is 0 Å². The molecule has 0 aliphatic heterocycles. The summed E-state index contributed by atoms with van der Waals surface area (Å²) < 4.78 is 31.1. The molecule has 0 aliphatic carbocycles. The molecular weight excluding hydrogens is 368 g/mol. The molecule has 0 amide bonds. The van der Waals surface area contributed by atoms with Gasteiger partial charge in [0.15, 0.2) is 0 Å². The highest BCUT2D eigenvalue weighted by molar-refractivity contribution is 4.87. The molecule has 0 bridgehead atoms. The molecule has 176 valence electrons. The van der Waals surface area contributed by atoms with Gasteiger partial charge < -0.3 is 23.7 Å². The minimum Gasteiger partial charge on any atom is -0.373 e. The van der Waals surface area contributed by atoms with Gasteiger partial charge in [0, 0.05) is 0 Å². The van der Waals surface area contributed by atoms with Crippen LogP contribution in [0.15, 0.2) is 0 Å². The van der Waals surface area contributed by atoms with Crippen molar-refractivity contribution in [3.05, 3.63) is 0 Å². The average molecular weight is 419 g/mol. The topological polar surface area (TPSA) is 46.2 Å². The Morgan fingerprint density at radius 3 is 0.655 bits per heavy atom. The molecule has 5 heteroatoms. The predicted molar refractivity (Wildman–Crippen MR) is 121 cm³/mol. The van der Waals surface area contributed by atoms with Gasteiger partial charge in [-0.2, -0.15) is 0 Å². The van der Waals surface area contributed by atoms with Crippen molar-refractivity contribution in [2.75, 3.05) is 26.4 Å². The lowest BCUT2D eigenvalue weighted by Crippen LogP contribution is -2.54.